The van der Waals surface area contributed by atoms with Gasteiger partial charge in [0.15, 0.2) is 0 Å². The van der Waals surface area contributed by atoms with E-state index in [0.717, 1.165) is 13.1 Å². The number of nitrogens with one attached hydrogen (secondary N) is 1. The van der Waals surface area contributed by atoms with Gasteiger partial charge in [0.25, 0.3) is 0 Å². The number of likely N-dealkylation sites (N-methyl/N-ethyl adjacent to an activating group) is 1. The number of aromatic nitrogens is 1. The third-order valence-electron chi connectivity index (χ3n) is 3.48. The number of hydrogen-bond donors (Lipinski definition) is 1. The van der Waals surface area contributed by atoms with Gasteiger partial charge in [0.1, 0.15) is 0 Å². The van der Waals surface area contributed by atoms with Crippen molar-refractivity contribution in [3.63, 3.8) is 0 Å². The highest BCUT2D eigenvalue weighted by molar-refractivity contribution is 5.07. The Labute approximate surface area is 110 Å². The van der Waals surface area contributed by atoms with E-state index in [-0.39, 0.29) is 0 Å². The van der Waals surface area contributed by atoms with Crippen molar-refractivity contribution in [2.24, 2.45) is 0 Å². The Balaban J connectivity index is 1.51. The molecule has 0 atom stereocenters. The lowest BCUT2D eigenvalue weighted by molar-refractivity contribution is 0.153. The fourth-order valence-corrected chi connectivity index (χ4v) is 2.23. The van der Waals surface area contributed by atoms with Crippen LogP contribution in [0.5, 0.6) is 0 Å². The first kappa shape index (κ1) is 13.5. The number of piperazine rings is 1. The van der Waals surface area contributed by atoms with Gasteiger partial charge < -0.3 is 15.1 Å². The van der Waals surface area contributed by atoms with Crippen LogP contribution in [0.1, 0.15) is 12.0 Å². The van der Waals surface area contributed by atoms with E-state index in [0.29, 0.717) is 0 Å². The molecule has 100 valence electrons. The summed E-state index contributed by atoms with van der Waals surface area (Å²) in [4.78, 5) is 9.07. The van der Waals surface area contributed by atoms with Gasteiger partial charge in [0.05, 0.1) is 0 Å². The summed E-state index contributed by atoms with van der Waals surface area (Å²) in [5, 5.41) is 3.47. The van der Waals surface area contributed by atoms with E-state index < -0.39 is 0 Å². The van der Waals surface area contributed by atoms with E-state index in [1.54, 1.807) is 0 Å². The zero-order chi connectivity index (χ0) is 12.6. The molecule has 1 fully saturated rings. The van der Waals surface area contributed by atoms with Crippen molar-refractivity contribution in [2.45, 2.75) is 13.0 Å². The Morgan fingerprint density at radius 2 is 2.11 bits per heavy atom. The van der Waals surface area contributed by atoms with E-state index in [1.807, 2.05) is 18.5 Å². The SMILES string of the molecule is CN1CCN(CCCNCc2cccnc2)CC1. The highest BCUT2D eigenvalue weighted by atomic mass is 15.2. The van der Waals surface area contributed by atoms with Crippen molar-refractivity contribution < 1.29 is 0 Å². The van der Waals surface area contributed by atoms with Gasteiger partial charge in [0, 0.05) is 45.1 Å². The summed E-state index contributed by atoms with van der Waals surface area (Å²) >= 11 is 0. The lowest BCUT2D eigenvalue weighted by Crippen LogP contribution is -2.45. The van der Waals surface area contributed by atoms with Crippen LogP contribution >= 0.6 is 0 Å². The van der Waals surface area contributed by atoms with Gasteiger partial charge >= 0.3 is 0 Å². The third kappa shape index (κ3) is 4.72. The highest BCUT2D eigenvalue weighted by Gasteiger charge is 2.12. The van der Waals surface area contributed by atoms with Gasteiger partial charge in [-0.1, -0.05) is 6.07 Å². The maximum Gasteiger partial charge on any atom is 0.0312 e. The molecule has 1 saturated heterocycles. The van der Waals surface area contributed by atoms with Crippen LogP contribution in [0.15, 0.2) is 24.5 Å². The third-order valence-corrected chi connectivity index (χ3v) is 3.48. The summed E-state index contributed by atoms with van der Waals surface area (Å²) in [6, 6.07) is 4.10. The Morgan fingerprint density at radius 3 is 2.83 bits per heavy atom. The summed E-state index contributed by atoms with van der Waals surface area (Å²) < 4.78 is 0. The van der Waals surface area contributed by atoms with Gasteiger partial charge in [-0.05, 0) is 38.2 Å². The Kier molecular flexibility index (Phi) is 5.58. The molecule has 0 spiro atoms. The predicted molar refractivity (Wildman–Crippen MR) is 74.5 cm³/mol. The average molecular weight is 248 g/mol. The standard InChI is InChI=1S/C14H24N4/c1-17-8-10-18(11-9-17)7-3-6-16-13-14-4-2-5-15-12-14/h2,4-5,12,16H,3,6-11,13H2,1H3. The van der Waals surface area contributed by atoms with Crippen LogP contribution in [0.2, 0.25) is 0 Å². The Hall–Kier alpha value is -0.970. The Bertz CT molecular complexity index is 320. The first-order chi connectivity index (χ1) is 8.84. The molecule has 0 radical (unpaired) electrons. The molecule has 2 rings (SSSR count). The minimum atomic E-state index is 0.927. The van der Waals surface area contributed by atoms with Crippen LogP contribution in [-0.2, 0) is 6.54 Å². The predicted octanol–water partition coefficient (Wildman–Crippen LogP) is 0.809. The van der Waals surface area contributed by atoms with Crippen LogP contribution in [0.3, 0.4) is 0 Å². The van der Waals surface area contributed by atoms with Crippen molar-refractivity contribution in [3.8, 4) is 0 Å². The van der Waals surface area contributed by atoms with Crippen LogP contribution in [0, 0.1) is 0 Å². The number of nitrogens with zero attached hydrogens (tertiary/aromatic N) is 3. The minimum Gasteiger partial charge on any atom is -0.313 e. The zero-order valence-electron chi connectivity index (χ0n) is 11.3. The molecule has 1 aromatic rings. The molecule has 18 heavy (non-hydrogen) atoms. The van der Waals surface area contributed by atoms with Crippen LogP contribution in [0.25, 0.3) is 0 Å². The van der Waals surface area contributed by atoms with Crippen LogP contribution < -0.4 is 5.32 Å². The van der Waals surface area contributed by atoms with E-state index in [1.165, 1.54) is 44.7 Å². The first-order valence-electron chi connectivity index (χ1n) is 6.85. The first-order valence-corrected chi connectivity index (χ1v) is 6.85. The molecule has 4 nitrogen and oxygen atoms in total. The molecule has 1 aliphatic rings. The van der Waals surface area contributed by atoms with Gasteiger partial charge in [-0.3, -0.25) is 4.98 Å². The molecular formula is C14H24N4. The maximum absolute atomic E-state index is 4.11. The van der Waals surface area contributed by atoms with Crippen molar-refractivity contribution in [1.29, 1.82) is 0 Å². The number of hydrogen-bond acceptors (Lipinski definition) is 4. The van der Waals surface area contributed by atoms with Crippen LogP contribution in [0.4, 0.5) is 0 Å². The van der Waals surface area contributed by atoms with E-state index in [2.05, 4.69) is 33.2 Å². The molecule has 4 heteroatoms. The van der Waals surface area contributed by atoms with E-state index in [4.69, 9.17) is 0 Å². The highest BCUT2D eigenvalue weighted by Crippen LogP contribution is 2.00. The summed E-state index contributed by atoms with van der Waals surface area (Å²) in [6.07, 6.45) is 4.97. The van der Waals surface area contributed by atoms with E-state index in [9.17, 15) is 0 Å². The minimum absolute atomic E-state index is 0.927. The molecule has 1 N–H and O–H groups in total. The molecule has 0 aromatic carbocycles. The van der Waals surface area contributed by atoms with Crippen molar-refractivity contribution in [1.82, 2.24) is 20.1 Å². The molecule has 0 amide bonds. The largest absolute Gasteiger partial charge is 0.313 e. The second-order valence-corrected chi connectivity index (χ2v) is 5.04. The second-order valence-electron chi connectivity index (χ2n) is 5.04. The summed E-state index contributed by atoms with van der Waals surface area (Å²) in [5.74, 6) is 0. The summed E-state index contributed by atoms with van der Waals surface area (Å²) in [6.45, 7) is 8.09. The molecule has 0 unspecified atom stereocenters. The zero-order valence-corrected chi connectivity index (χ0v) is 11.3. The molecule has 0 saturated carbocycles. The van der Waals surface area contributed by atoms with Gasteiger partial charge in [-0.15, -0.1) is 0 Å². The average Bonchev–Trinajstić information content (AvgIpc) is 2.42. The van der Waals surface area contributed by atoms with Crippen molar-refractivity contribution >= 4 is 0 Å². The molecule has 1 aliphatic heterocycles. The molecule has 2 heterocycles. The fraction of sp³-hybridized carbons (Fsp3) is 0.643. The normalized spacial score (nSPS) is 18.1. The van der Waals surface area contributed by atoms with Gasteiger partial charge in [-0.2, -0.15) is 0 Å². The quantitative estimate of drug-likeness (QED) is 0.755. The smallest absolute Gasteiger partial charge is 0.0312 e. The second kappa shape index (κ2) is 7.46. The lowest BCUT2D eigenvalue weighted by Gasteiger charge is -2.32. The topological polar surface area (TPSA) is 31.4 Å². The molecular weight excluding hydrogens is 224 g/mol. The van der Waals surface area contributed by atoms with E-state index >= 15 is 0 Å². The maximum atomic E-state index is 4.11. The molecule has 1 aromatic heterocycles. The fourth-order valence-electron chi connectivity index (χ4n) is 2.23. The monoisotopic (exact) mass is 248 g/mol. The summed E-state index contributed by atoms with van der Waals surface area (Å²) in [7, 11) is 2.20. The van der Waals surface area contributed by atoms with Gasteiger partial charge in [-0.25, -0.2) is 0 Å². The molecule has 0 aliphatic carbocycles. The number of pyridine rings is 1. The lowest BCUT2D eigenvalue weighted by atomic mass is 10.2. The molecule has 0 bridgehead atoms. The van der Waals surface area contributed by atoms with Gasteiger partial charge in [0.2, 0.25) is 0 Å². The van der Waals surface area contributed by atoms with Crippen molar-refractivity contribution in [3.05, 3.63) is 30.1 Å². The van der Waals surface area contributed by atoms with Crippen molar-refractivity contribution in [2.75, 3.05) is 46.3 Å². The summed E-state index contributed by atoms with van der Waals surface area (Å²) in [5.41, 5.74) is 1.26. The van der Waals surface area contributed by atoms with Crippen LogP contribution in [-0.4, -0.2) is 61.1 Å². The Morgan fingerprint density at radius 1 is 1.28 bits per heavy atom. The number of rotatable bonds is 6.